The van der Waals surface area contributed by atoms with E-state index in [4.69, 9.17) is 4.74 Å². The zero-order valence-electron chi connectivity index (χ0n) is 14.5. The van der Waals surface area contributed by atoms with Crippen LogP contribution in [0.5, 0.6) is 0 Å². The third-order valence-electron chi connectivity index (χ3n) is 5.83. The monoisotopic (exact) mass is 355 g/mol. The van der Waals surface area contributed by atoms with Crippen LogP contribution in [0, 0.1) is 11.7 Å². The Morgan fingerprint density at radius 1 is 1.12 bits per heavy atom. The standard InChI is InChI=1S/C21H22FNO3/c22-17-8-6-16(7-9-17)21(13-26-14-21)23-11-10-18(20(24)25)19(12-23)15-4-2-1-3-5-15/h1-9,18-19H,10-14H2,(H,24,25)/t18-,19+/m1/s1. The normalized spacial score (nSPS) is 25.4. The van der Waals surface area contributed by atoms with E-state index in [9.17, 15) is 14.3 Å². The molecule has 2 heterocycles. The maximum atomic E-state index is 13.4. The Kier molecular flexibility index (Phi) is 4.51. The topological polar surface area (TPSA) is 49.8 Å². The Morgan fingerprint density at radius 3 is 2.38 bits per heavy atom. The summed E-state index contributed by atoms with van der Waals surface area (Å²) < 4.78 is 18.9. The minimum atomic E-state index is -0.737. The van der Waals surface area contributed by atoms with Gasteiger partial charge in [0.05, 0.1) is 24.7 Å². The van der Waals surface area contributed by atoms with Crippen molar-refractivity contribution in [2.75, 3.05) is 26.3 Å². The lowest BCUT2D eigenvalue weighted by atomic mass is 9.77. The van der Waals surface area contributed by atoms with E-state index < -0.39 is 5.97 Å². The Morgan fingerprint density at radius 2 is 1.81 bits per heavy atom. The molecule has 4 nitrogen and oxygen atoms in total. The third-order valence-corrected chi connectivity index (χ3v) is 5.83. The first kappa shape index (κ1) is 17.2. The molecule has 0 radical (unpaired) electrons. The van der Waals surface area contributed by atoms with Crippen LogP contribution in [0.1, 0.15) is 23.5 Å². The molecule has 2 fully saturated rings. The number of rotatable bonds is 4. The molecule has 2 aliphatic heterocycles. The van der Waals surface area contributed by atoms with Gasteiger partial charge in [0.25, 0.3) is 0 Å². The van der Waals surface area contributed by atoms with Gasteiger partial charge in [-0.15, -0.1) is 0 Å². The van der Waals surface area contributed by atoms with E-state index in [0.717, 1.165) is 11.1 Å². The summed E-state index contributed by atoms with van der Waals surface area (Å²) in [5.41, 5.74) is 1.80. The molecule has 5 heteroatoms. The molecule has 1 N–H and O–H groups in total. The molecule has 4 rings (SSSR count). The molecule has 2 aromatic carbocycles. The summed E-state index contributed by atoms with van der Waals surface area (Å²) in [5.74, 6) is -1.45. The first-order chi connectivity index (χ1) is 12.6. The van der Waals surface area contributed by atoms with E-state index in [-0.39, 0.29) is 23.2 Å². The van der Waals surface area contributed by atoms with Crippen molar-refractivity contribution in [1.29, 1.82) is 0 Å². The highest BCUT2D eigenvalue weighted by Crippen LogP contribution is 2.42. The first-order valence-corrected chi connectivity index (χ1v) is 8.97. The summed E-state index contributed by atoms with van der Waals surface area (Å²) in [4.78, 5) is 14.1. The van der Waals surface area contributed by atoms with Gasteiger partial charge in [0, 0.05) is 19.0 Å². The quantitative estimate of drug-likeness (QED) is 0.915. The van der Waals surface area contributed by atoms with Crippen LogP contribution >= 0.6 is 0 Å². The number of piperidine rings is 1. The zero-order chi connectivity index (χ0) is 18.1. The molecule has 2 atom stereocenters. The number of halogens is 1. The molecular weight excluding hydrogens is 333 g/mol. The second-order valence-electron chi connectivity index (χ2n) is 7.23. The summed E-state index contributed by atoms with van der Waals surface area (Å²) in [6, 6.07) is 16.5. The minimum absolute atomic E-state index is 0.0691. The van der Waals surface area contributed by atoms with E-state index in [2.05, 4.69) is 4.90 Å². The number of carboxylic acid groups (broad SMARTS) is 1. The number of aliphatic carboxylic acids is 1. The highest BCUT2D eigenvalue weighted by molar-refractivity contribution is 5.71. The lowest BCUT2D eigenvalue weighted by Crippen LogP contribution is -2.62. The molecule has 26 heavy (non-hydrogen) atoms. The predicted molar refractivity (Wildman–Crippen MR) is 95.4 cm³/mol. The van der Waals surface area contributed by atoms with E-state index in [1.165, 1.54) is 12.1 Å². The Hall–Kier alpha value is -2.24. The molecule has 0 aliphatic carbocycles. The van der Waals surface area contributed by atoms with Gasteiger partial charge in [-0.1, -0.05) is 42.5 Å². The van der Waals surface area contributed by atoms with Gasteiger partial charge in [-0.3, -0.25) is 9.69 Å². The van der Waals surface area contributed by atoms with Gasteiger partial charge in [0.15, 0.2) is 0 Å². The van der Waals surface area contributed by atoms with Gasteiger partial charge < -0.3 is 9.84 Å². The van der Waals surface area contributed by atoms with Gasteiger partial charge in [0.2, 0.25) is 0 Å². The average Bonchev–Trinajstić information content (AvgIpc) is 2.63. The third kappa shape index (κ3) is 2.91. The maximum absolute atomic E-state index is 13.4. The van der Waals surface area contributed by atoms with Crippen molar-refractivity contribution in [2.24, 2.45) is 5.92 Å². The van der Waals surface area contributed by atoms with Crippen molar-refractivity contribution in [1.82, 2.24) is 4.90 Å². The predicted octanol–water partition coefficient (Wildman–Crippen LogP) is 3.24. The summed E-state index contributed by atoms with van der Waals surface area (Å²) in [6.07, 6.45) is 0.595. The number of benzene rings is 2. The number of hydrogen-bond donors (Lipinski definition) is 1. The number of nitrogens with zero attached hydrogens (tertiary/aromatic N) is 1. The number of ether oxygens (including phenoxy) is 1. The minimum Gasteiger partial charge on any atom is -0.481 e. The molecule has 0 amide bonds. The molecule has 0 aromatic heterocycles. The van der Waals surface area contributed by atoms with Crippen molar-refractivity contribution in [3.8, 4) is 0 Å². The van der Waals surface area contributed by atoms with Crippen molar-refractivity contribution >= 4 is 5.97 Å². The molecular formula is C21H22FNO3. The molecule has 0 bridgehead atoms. The van der Waals surface area contributed by atoms with Crippen molar-refractivity contribution < 1.29 is 19.0 Å². The zero-order valence-corrected chi connectivity index (χ0v) is 14.5. The van der Waals surface area contributed by atoms with Gasteiger partial charge >= 0.3 is 5.97 Å². The van der Waals surface area contributed by atoms with Crippen LogP contribution in [-0.2, 0) is 15.1 Å². The first-order valence-electron chi connectivity index (χ1n) is 8.97. The average molecular weight is 355 g/mol. The maximum Gasteiger partial charge on any atom is 0.307 e. The summed E-state index contributed by atoms with van der Waals surface area (Å²) in [5, 5.41) is 9.69. The fourth-order valence-electron chi connectivity index (χ4n) is 4.26. The summed E-state index contributed by atoms with van der Waals surface area (Å²) >= 11 is 0. The van der Waals surface area contributed by atoms with Crippen molar-refractivity contribution in [3.63, 3.8) is 0 Å². The second-order valence-corrected chi connectivity index (χ2v) is 7.23. The highest BCUT2D eigenvalue weighted by Gasteiger charge is 2.49. The fourth-order valence-corrected chi connectivity index (χ4v) is 4.26. The van der Waals surface area contributed by atoms with Crippen LogP contribution in [0.2, 0.25) is 0 Å². The Bertz CT molecular complexity index is 774. The molecule has 0 unspecified atom stereocenters. The number of likely N-dealkylation sites (tertiary alicyclic amines) is 1. The summed E-state index contributed by atoms with van der Waals surface area (Å²) in [6.45, 7) is 2.46. The lowest BCUT2D eigenvalue weighted by Gasteiger charge is -2.53. The van der Waals surface area contributed by atoms with E-state index in [0.29, 0.717) is 32.7 Å². The van der Waals surface area contributed by atoms with Crippen molar-refractivity contribution in [3.05, 3.63) is 71.5 Å². The smallest absolute Gasteiger partial charge is 0.307 e. The van der Waals surface area contributed by atoms with Gasteiger partial charge in [-0.25, -0.2) is 4.39 Å². The van der Waals surface area contributed by atoms with E-state index in [1.54, 1.807) is 0 Å². The van der Waals surface area contributed by atoms with Gasteiger partial charge in [-0.05, 0) is 29.7 Å². The molecule has 0 saturated carbocycles. The fraction of sp³-hybridized carbons (Fsp3) is 0.381. The van der Waals surface area contributed by atoms with E-state index >= 15 is 0 Å². The second kappa shape index (κ2) is 6.82. The Balaban J connectivity index is 1.65. The van der Waals surface area contributed by atoms with Crippen LogP contribution in [0.25, 0.3) is 0 Å². The van der Waals surface area contributed by atoms with Crippen LogP contribution < -0.4 is 0 Å². The largest absolute Gasteiger partial charge is 0.481 e. The van der Waals surface area contributed by atoms with Crippen LogP contribution in [0.3, 0.4) is 0 Å². The van der Waals surface area contributed by atoms with Crippen LogP contribution in [0.4, 0.5) is 4.39 Å². The van der Waals surface area contributed by atoms with Crippen LogP contribution in [-0.4, -0.2) is 42.3 Å². The van der Waals surface area contributed by atoms with Gasteiger partial charge in [-0.2, -0.15) is 0 Å². The van der Waals surface area contributed by atoms with Crippen molar-refractivity contribution in [2.45, 2.75) is 17.9 Å². The molecule has 2 aromatic rings. The Labute approximate surface area is 152 Å². The number of carbonyl (C=O) groups is 1. The summed E-state index contributed by atoms with van der Waals surface area (Å²) in [7, 11) is 0. The molecule has 2 saturated heterocycles. The van der Waals surface area contributed by atoms with Gasteiger partial charge in [0.1, 0.15) is 5.82 Å². The highest BCUT2D eigenvalue weighted by atomic mass is 19.1. The molecule has 2 aliphatic rings. The van der Waals surface area contributed by atoms with Crippen LogP contribution in [0.15, 0.2) is 54.6 Å². The lowest BCUT2D eigenvalue weighted by molar-refractivity contribution is -0.164. The van der Waals surface area contributed by atoms with E-state index in [1.807, 2.05) is 42.5 Å². The number of carboxylic acids is 1. The number of hydrogen-bond acceptors (Lipinski definition) is 3. The SMILES string of the molecule is O=C(O)[C@@H]1CCN(C2(c3ccc(F)cc3)COC2)C[C@H]1c1ccccc1. The molecule has 136 valence electrons. The molecule has 0 spiro atoms.